The van der Waals surface area contributed by atoms with Crippen LogP contribution in [0.15, 0.2) is 103 Å². The Bertz CT molecular complexity index is 1980. The van der Waals surface area contributed by atoms with Crippen LogP contribution in [0.4, 0.5) is 10.5 Å². The number of anilines is 1. The molecule has 3 fully saturated rings. The van der Waals surface area contributed by atoms with Crippen LogP contribution in [0.2, 0.25) is 0 Å². The Balaban J connectivity index is 1.15. The van der Waals surface area contributed by atoms with Gasteiger partial charge in [-0.25, -0.2) is 4.79 Å². The van der Waals surface area contributed by atoms with Gasteiger partial charge in [0.25, 0.3) is 0 Å². The number of urea groups is 1. The van der Waals surface area contributed by atoms with Gasteiger partial charge in [-0.3, -0.25) is 4.79 Å². The first-order valence-electron chi connectivity index (χ1n) is 20.2. The van der Waals surface area contributed by atoms with Gasteiger partial charge in [-0.1, -0.05) is 86.7 Å². The predicted octanol–water partition coefficient (Wildman–Crippen LogP) is 8.71. The number of aliphatic hydroxyl groups is 2. The summed E-state index contributed by atoms with van der Waals surface area (Å²) in [5, 5.41) is 27.2. The summed E-state index contributed by atoms with van der Waals surface area (Å²) in [6, 6.07) is 25.2. The van der Waals surface area contributed by atoms with E-state index in [1.165, 1.54) is 0 Å². The average Bonchev–Trinajstić information content (AvgIpc) is 3.47. The highest BCUT2D eigenvalue weighted by Gasteiger charge is 2.74. The number of ether oxygens (including phenoxy) is 2. The topological polar surface area (TPSA) is 108 Å². The molecule has 8 unspecified atom stereocenters. The van der Waals surface area contributed by atoms with E-state index in [0.717, 1.165) is 48.8 Å². The minimum Gasteiger partial charge on any atom is -0.497 e. The summed E-state index contributed by atoms with van der Waals surface area (Å²) in [5.41, 5.74) is 1.42. The summed E-state index contributed by atoms with van der Waals surface area (Å²) in [7, 11) is 3.27. The van der Waals surface area contributed by atoms with Crippen molar-refractivity contribution < 1.29 is 29.3 Å². The zero-order valence-corrected chi connectivity index (χ0v) is 32.7. The maximum absolute atomic E-state index is 15.1. The maximum Gasteiger partial charge on any atom is 0.321 e. The van der Waals surface area contributed by atoms with E-state index in [9.17, 15) is 15.0 Å². The van der Waals surface area contributed by atoms with Crippen LogP contribution in [0.25, 0.3) is 11.1 Å². The standard InChI is InChI=1S/C47H56N2O6/c1-43-22-19-36(50)29-45(43)25-26-47(38(30-45)41(51)34-13-11-33(12-14-34)32-9-6-5-7-10-32)39(43)20-23-44(2)40(47)21-24-46(44,53)31-49(27-8-28-54-3)42(52)48-35-15-17-37(55-4)18-16-35/h5-7,9-18,25-26,30,36,39-40,50,53H,8,19-24,27-29,31H2,1-4H3,(H,48,52). The van der Waals surface area contributed by atoms with E-state index in [-0.39, 0.29) is 35.6 Å². The Kier molecular flexibility index (Phi) is 9.62. The number of hydrogen-bond acceptors (Lipinski definition) is 6. The average molecular weight is 745 g/mol. The second-order valence-electron chi connectivity index (χ2n) is 17.5. The van der Waals surface area contributed by atoms with Crippen molar-refractivity contribution in [2.24, 2.45) is 33.5 Å². The third-order valence-corrected chi connectivity index (χ3v) is 15.1. The van der Waals surface area contributed by atoms with Crippen LogP contribution in [0.1, 0.15) is 75.6 Å². The fourth-order valence-corrected chi connectivity index (χ4v) is 12.0. The highest BCUT2D eigenvalue weighted by atomic mass is 16.5. The largest absolute Gasteiger partial charge is 0.497 e. The van der Waals surface area contributed by atoms with Crippen molar-refractivity contribution in [1.82, 2.24) is 4.90 Å². The van der Waals surface area contributed by atoms with Crippen molar-refractivity contribution in [2.75, 3.05) is 39.2 Å². The van der Waals surface area contributed by atoms with E-state index in [2.05, 4.69) is 49.5 Å². The van der Waals surface area contributed by atoms with Crippen molar-refractivity contribution >= 4 is 17.5 Å². The number of rotatable bonds is 11. The lowest BCUT2D eigenvalue weighted by molar-refractivity contribution is -0.174. The summed E-state index contributed by atoms with van der Waals surface area (Å²) >= 11 is 0. The highest BCUT2D eigenvalue weighted by Crippen LogP contribution is 2.78. The van der Waals surface area contributed by atoms with E-state index in [1.807, 2.05) is 66.7 Å². The fraction of sp³-hybridized carbons (Fsp3) is 0.489. The molecule has 8 atom stereocenters. The molecule has 2 bridgehead atoms. The SMILES string of the molecule is COCCCN(CC1(O)CCC2C34C=CC5(C=C3C(=O)c3ccc(-c6ccccc6)cc3)CC(O)CCC5(C)C4CCC21C)C(=O)Nc1ccc(OC)cc1. The van der Waals surface area contributed by atoms with Gasteiger partial charge in [0.2, 0.25) is 0 Å². The number of amides is 2. The van der Waals surface area contributed by atoms with Crippen LogP contribution in [-0.4, -0.2) is 72.5 Å². The third-order valence-electron chi connectivity index (χ3n) is 15.1. The predicted molar refractivity (Wildman–Crippen MR) is 215 cm³/mol. The number of allylic oxidation sites excluding steroid dienone is 4. The van der Waals surface area contributed by atoms with Gasteiger partial charge in [0.15, 0.2) is 5.78 Å². The number of ketones is 1. The number of nitrogens with zero attached hydrogens (tertiary/aromatic N) is 1. The van der Waals surface area contributed by atoms with Crippen LogP contribution < -0.4 is 10.1 Å². The highest BCUT2D eigenvalue weighted by molar-refractivity contribution is 6.10. The van der Waals surface area contributed by atoms with Crippen LogP contribution >= 0.6 is 0 Å². The molecule has 0 radical (unpaired) electrons. The van der Waals surface area contributed by atoms with E-state index >= 15 is 4.79 Å². The molecule has 0 saturated heterocycles. The van der Waals surface area contributed by atoms with Gasteiger partial charge in [-0.05, 0) is 104 Å². The number of benzene rings is 3. The van der Waals surface area contributed by atoms with E-state index < -0.39 is 27.9 Å². The van der Waals surface area contributed by atoms with Crippen molar-refractivity contribution in [3.63, 3.8) is 0 Å². The lowest BCUT2D eigenvalue weighted by atomic mass is 9.32. The number of carbonyl (C=O) groups is 2. The lowest BCUT2D eigenvalue weighted by Gasteiger charge is -2.71. The van der Waals surface area contributed by atoms with Gasteiger partial charge in [0.05, 0.1) is 25.4 Å². The number of fused-ring (bicyclic) bond motifs is 1. The zero-order valence-electron chi connectivity index (χ0n) is 32.7. The smallest absolute Gasteiger partial charge is 0.321 e. The molecular weight excluding hydrogens is 689 g/mol. The van der Waals surface area contributed by atoms with Gasteiger partial charge in [0.1, 0.15) is 5.75 Å². The molecule has 0 heterocycles. The Morgan fingerprint density at radius 2 is 1.51 bits per heavy atom. The summed E-state index contributed by atoms with van der Waals surface area (Å²) < 4.78 is 10.7. The zero-order chi connectivity index (χ0) is 38.6. The normalized spacial score (nSPS) is 34.2. The van der Waals surface area contributed by atoms with Gasteiger partial charge in [-0.2, -0.15) is 0 Å². The van der Waals surface area contributed by atoms with Crippen LogP contribution in [-0.2, 0) is 4.74 Å². The number of carbonyl (C=O) groups excluding carboxylic acids is 2. The number of Topliss-reactive ketones (excluding diaryl/α,β-unsaturated/α-hetero) is 1. The van der Waals surface area contributed by atoms with Crippen molar-refractivity contribution in [2.45, 2.75) is 76.9 Å². The Hall–Kier alpha value is -4.24. The first kappa shape index (κ1) is 37.7. The van der Waals surface area contributed by atoms with Crippen molar-refractivity contribution in [1.29, 1.82) is 0 Å². The summed E-state index contributed by atoms with van der Waals surface area (Å²) in [4.78, 5) is 30.9. The molecule has 6 aliphatic carbocycles. The minimum absolute atomic E-state index is 0.0220. The molecule has 3 saturated carbocycles. The Morgan fingerprint density at radius 3 is 2.22 bits per heavy atom. The number of nitrogens with one attached hydrogen (secondary N) is 1. The molecule has 2 spiro atoms. The van der Waals surface area contributed by atoms with Gasteiger partial charge in [0, 0.05) is 53.3 Å². The summed E-state index contributed by atoms with van der Waals surface area (Å²) in [6.07, 6.45) is 12.3. The van der Waals surface area contributed by atoms with Gasteiger partial charge < -0.3 is 29.9 Å². The molecule has 8 heteroatoms. The third kappa shape index (κ3) is 5.89. The molecule has 290 valence electrons. The monoisotopic (exact) mass is 744 g/mol. The van der Waals surface area contributed by atoms with E-state index in [0.29, 0.717) is 49.4 Å². The quantitative estimate of drug-likeness (QED) is 0.103. The molecule has 0 aromatic heterocycles. The number of methoxy groups -OCH3 is 2. The minimum atomic E-state index is -1.18. The molecular formula is C47H56N2O6. The van der Waals surface area contributed by atoms with Crippen LogP contribution in [0.5, 0.6) is 5.75 Å². The second kappa shape index (κ2) is 14.1. The second-order valence-corrected chi connectivity index (χ2v) is 17.5. The molecule has 6 aliphatic rings. The van der Waals surface area contributed by atoms with Crippen molar-refractivity contribution in [3.05, 3.63) is 108 Å². The van der Waals surface area contributed by atoms with Crippen molar-refractivity contribution in [3.8, 4) is 16.9 Å². The van der Waals surface area contributed by atoms with Crippen LogP contribution in [0, 0.1) is 33.5 Å². The molecule has 9 rings (SSSR count). The molecule has 0 aliphatic heterocycles. The first-order valence-corrected chi connectivity index (χ1v) is 20.2. The van der Waals surface area contributed by atoms with Gasteiger partial charge >= 0.3 is 6.03 Å². The number of hydrogen-bond donors (Lipinski definition) is 3. The van der Waals surface area contributed by atoms with E-state index in [1.54, 1.807) is 19.1 Å². The molecule has 3 aromatic carbocycles. The first-order chi connectivity index (χ1) is 26.4. The lowest BCUT2D eigenvalue weighted by Crippen LogP contribution is -2.67. The Morgan fingerprint density at radius 1 is 0.836 bits per heavy atom. The maximum atomic E-state index is 15.1. The van der Waals surface area contributed by atoms with E-state index in [4.69, 9.17) is 9.47 Å². The molecule has 3 aromatic rings. The molecule has 55 heavy (non-hydrogen) atoms. The summed E-state index contributed by atoms with van der Waals surface area (Å²) in [6.45, 7) is 5.73. The Labute approximate surface area is 325 Å². The summed E-state index contributed by atoms with van der Waals surface area (Å²) in [5.74, 6) is 0.901. The number of aliphatic hydroxyl groups excluding tert-OH is 1. The molecule has 2 amide bonds. The molecule has 8 nitrogen and oxygen atoms in total. The van der Waals surface area contributed by atoms with Gasteiger partial charge in [-0.15, -0.1) is 0 Å². The van der Waals surface area contributed by atoms with Crippen LogP contribution in [0.3, 0.4) is 0 Å². The molecule has 3 N–H and O–H groups in total. The fourth-order valence-electron chi connectivity index (χ4n) is 12.0.